The highest BCUT2D eigenvalue weighted by Gasteiger charge is 2.35. The monoisotopic (exact) mass is 368 g/mol. The van der Waals surface area contributed by atoms with E-state index < -0.39 is 11.5 Å². The number of halogens is 1. The van der Waals surface area contributed by atoms with Crippen LogP contribution in [0.4, 0.5) is 0 Å². The van der Waals surface area contributed by atoms with Gasteiger partial charge in [0.25, 0.3) is 5.91 Å². The van der Waals surface area contributed by atoms with E-state index in [1.54, 1.807) is 12.1 Å². The first-order valence-corrected chi connectivity index (χ1v) is 9.02. The van der Waals surface area contributed by atoms with Crippen molar-refractivity contribution in [3.63, 3.8) is 0 Å². The van der Waals surface area contributed by atoms with E-state index in [0.29, 0.717) is 23.6 Å². The molecule has 1 fully saturated rings. The predicted molar refractivity (Wildman–Crippen MR) is 102 cm³/mol. The lowest BCUT2D eigenvalue weighted by atomic mass is 9.75. The fourth-order valence-corrected chi connectivity index (χ4v) is 3.67. The van der Waals surface area contributed by atoms with Crippen molar-refractivity contribution in [2.24, 2.45) is 5.73 Å². The second-order valence-corrected chi connectivity index (χ2v) is 7.28. The number of pyridine rings is 1. The number of carbonyl (C=O) groups excluding carboxylic acids is 1. The Labute approximate surface area is 158 Å². The van der Waals surface area contributed by atoms with Gasteiger partial charge in [0.2, 0.25) is 0 Å². The third kappa shape index (κ3) is 4.24. The zero-order valence-corrected chi connectivity index (χ0v) is 15.4. The lowest BCUT2D eigenvalue weighted by Gasteiger charge is -2.33. The van der Waals surface area contributed by atoms with Gasteiger partial charge in [-0.25, -0.2) is 4.98 Å². The van der Waals surface area contributed by atoms with Crippen LogP contribution in [0, 0.1) is 18.8 Å². The average molecular weight is 369 g/mol. The molecule has 3 N–H and O–H groups in total. The van der Waals surface area contributed by atoms with Gasteiger partial charge in [-0.15, -0.1) is 0 Å². The van der Waals surface area contributed by atoms with E-state index in [0.717, 1.165) is 29.7 Å². The summed E-state index contributed by atoms with van der Waals surface area (Å²) in [6, 6.07) is 11.0. The van der Waals surface area contributed by atoms with E-state index in [1.165, 1.54) is 0 Å². The number of aryl methyl sites for hydroxylation is 1. The van der Waals surface area contributed by atoms with Crippen LogP contribution >= 0.6 is 11.6 Å². The number of primary amides is 1. The zero-order valence-electron chi connectivity index (χ0n) is 14.6. The predicted octanol–water partition coefficient (Wildman–Crippen LogP) is 3.58. The van der Waals surface area contributed by atoms with E-state index in [2.05, 4.69) is 16.8 Å². The molecular formula is C21H21ClN2O2. The van der Waals surface area contributed by atoms with Crippen molar-refractivity contribution in [2.75, 3.05) is 0 Å². The van der Waals surface area contributed by atoms with E-state index in [-0.39, 0.29) is 5.92 Å². The number of hydrogen-bond acceptors (Lipinski definition) is 3. The number of rotatable bonds is 2. The highest BCUT2D eigenvalue weighted by molar-refractivity contribution is 6.30. The fraction of sp³-hybridized carbons (Fsp3) is 0.333. The highest BCUT2D eigenvalue weighted by atomic mass is 35.5. The third-order valence-corrected chi connectivity index (χ3v) is 4.97. The molecule has 4 nitrogen and oxygen atoms in total. The molecule has 3 rings (SSSR count). The number of aromatic nitrogens is 1. The molecule has 2 atom stereocenters. The Morgan fingerprint density at radius 2 is 2.19 bits per heavy atom. The Kier molecular flexibility index (Phi) is 5.31. The van der Waals surface area contributed by atoms with Gasteiger partial charge in [0, 0.05) is 16.3 Å². The Bertz CT molecular complexity index is 900. The van der Waals surface area contributed by atoms with Crippen molar-refractivity contribution >= 4 is 17.5 Å². The summed E-state index contributed by atoms with van der Waals surface area (Å²) in [6.07, 6.45) is 2.73. The molecule has 0 spiro atoms. The summed E-state index contributed by atoms with van der Waals surface area (Å²) in [5.74, 6) is 5.49. The quantitative estimate of drug-likeness (QED) is 0.795. The minimum Gasteiger partial charge on any atom is -0.378 e. The summed E-state index contributed by atoms with van der Waals surface area (Å²) in [7, 11) is 0. The molecule has 1 aliphatic rings. The van der Waals surface area contributed by atoms with Crippen molar-refractivity contribution in [1.82, 2.24) is 4.98 Å². The van der Waals surface area contributed by atoms with Gasteiger partial charge in [-0.05, 0) is 68.4 Å². The summed E-state index contributed by atoms with van der Waals surface area (Å²) in [5, 5.41) is 11.6. The van der Waals surface area contributed by atoms with Crippen molar-refractivity contribution in [2.45, 2.75) is 44.1 Å². The first-order valence-electron chi connectivity index (χ1n) is 8.65. The van der Waals surface area contributed by atoms with Gasteiger partial charge in [0.15, 0.2) is 0 Å². The molecule has 2 aromatic rings. The summed E-state index contributed by atoms with van der Waals surface area (Å²) in [6.45, 7) is 1.82. The molecule has 0 unspecified atom stereocenters. The maximum Gasteiger partial charge on any atom is 0.267 e. The topological polar surface area (TPSA) is 76.2 Å². The van der Waals surface area contributed by atoms with Crippen LogP contribution in [0.3, 0.4) is 0 Å². The van der Waals surface area contributed by atoms with Crippen molar-refractivity contribution in [1.29, 1.82) is 0 Å². The minimum atomic E-state index is -1.11. The van der Waals surface area contributed by atoms with Gasteiger partial charge in [-0.1, -0.05) is 35.6 Å². The summed E-state index contributed by atoms with van der Waals surface area (Å²) >= 11 is 5.98. The van der Waals surface area contributed by atoms with E-state index in [4.69, 9.17) is 17.3 Å². The second kappa shape index (κ2) is 7.49. The van der Waals surface area contributed by atoms with Crippen LogP contribution < -0.4 is 5.73 Å². The first-order chi connectivity index (χ1) is 12.4. The molecule has 0 saturated heterocycles. The lowest BCUT2D eigenvalue weighted by molar-refractivity contribution is 0.0517. The number of hydrogen-bond donors (Lipinski definition) is 2. The molecule has 1 saturated carbocycles. The molecule has 1 aliphatic carbocycles. The number of amides is 1. The largest absolute Gasteiger partial charge is 0.378 e. The van der Waals surface area contributed by atoms with Crippen LogP contribution in [-0.4, -0.2) is 21.6 Å². The fourth-order valence-electron chi connectivity index (χ4n) is 3.48. The average Bonchev–Trinajstić information content (AvgIpc) is 2.60. The molecule has 26 heavy (non-hydrogen) atoms. The zero-order chi connectivity index (χ0) is 18.7. The number of benzene rings is 1. The molecular weight excluding hydrogens is 348 g/mol. The van der Waals surface area contributed by atoms with Crippen molar-refractivity contribution in [3.8, 4) is 11.8 Å². The molecule has 1 aromatic carbocycles. The molecule has 1 heterocycles. The summed E-state index contributed by atoms with van der Waals surface area (Å²) < 4.78 is 0. The van der Waals surface area contributed by atoms with Crippen molar-refractivity contribution < 1.29 is 9.90 Å². The van der Waals surface area contributed by atoms with Gasteiger partial charge in [0.1, 0.15) is 11.3 Å². The number of carbonyl (C=O) groups is 1. The Morgan fingerprint density at radius 3 is 2.92 bits per heavy atom. The Balaban J connectivity index is 1.87. The smallest absolute Gasteiger partial charge is 0.267 e. The lowest BCUT2D eigenvalue weighted by Crippen LogP contribution is -2.34. The Hall–Kier alpha value is -2.35. The van der Waals surface area contributed by atoms with Crippen molar-refractivity contribution in [3.05, 3.63) is 63.9 Å². The third-order valence-electron chi connectivity index (χ3n) is 4.73. The number of aliphatic hydroxyl groups is 1. The van der Waals surface area contributed by atoms with Gasteiger partial charge in [0.05, 0.1) is 0 Å². The van der Waals surface area contributed by atoms with Crippen LogP contribution in [0.1, 0.15) is 58.9 Å². The second-order valence-electron chi connectivity index (χ2n) is 6.84. The van der Waals surface area contributed by atoms with Crippen LogP contribution in [0.2, 0.25) is 5.02 Å². The van der Waals surface area contributed by atoms with E-state index in [1.807, 2.05) is 31.2 Å². The molecule has 1 aromatic heterocycles. The molecule has 5 heteroatoms. The SMILES string of the molecule is Cc1ccc([C@@H]2CCC[C@](O)(C#Cc3cccc(Cl)c3)C2)c(C(N)=O)n1. The molecule has 0 radical (unpaired) electrons. The summed E-state index contributed by atoms with van der Waals surface area (Å²) in [4.78, 5) is 16.1. The first kappa shape index (κ1) is 18.4. The highest BCUT2D eigenvalue weighted by Crippen LogP contribution is 2.39. The van der Waals surface area contributed by atoms with Crippen LogP contribution in [0.15, 0.2) is 36.4 Å². The van der Waals surface area contributed by atoms with Gasteiger partial charge >= 0.3 is 0 Å². The normalized spacial score (nSPS) is 22.3. The van der Waals surface area contributed by atoms with E-state index >= 15 is 0 Å². The molecule has 134 valence electrons. The standard InChI is InChI=1S/C21H21ClN2O2/c1-14-7-8-18(19(24-14)20(23)25)16-5-3-10-21(26,13-16)11-9-15-4-2-6-17(22)12-15/h2,4,6-8,12,16,26H,3,5,10,13H2,1H3,(H2,23,25)/t16-,21+/m1/s1. The van der Waals surface area contributed by atoms with Gasteiger partial charge < -0.3 is 10.8 Å². The van der Waals surface area contributed by atoms with Gasteiger partial charge in [-0.3, -0.25) is 4.79 Å². The van der Waals surface area contributed by atoms with Gasteiger partial charge in [-0.2, -0.15) is 0 Å². The molecule has 1 amide bonds. The van der Waals surface area contributed by atoms with E-state index in [9.17, 15) is 9.90 Å². The number of nitrogens with two attached hydrogens (primary N) is 1. The van der Waals surface area contributed by atoms with Crippen LogP contribution in [0.25, 0.3) is 0 Å². The Morgan fingerprint density at radius 1 is 1.38 bits per heavy atom. The maximum absolute atomic E-state index is 11.8. The van der Waals surface area contributed by atoms with Crippen LogP contribution in [-0.2, 0) is 0 Å². The summed E-state index contributed by atoms with van der Waals surface area (Å²) in [5.41, 5.74) is 7.00. The minimum absolute atomic E-state index is 0.00184. The maximum atomic E-state index is 11.8. The van der Waals surface area contributed by atoms with Crippen LogP contribution in [0.5, 0.6) is 0 Å². The number of nitrogens with zero attached hydrogens (tertiary/aromatic N) is 1. The molecule has 0 bridgehead atoms. The molecule has 0 aliphatic heterocycles.